The molecule has 222 valence electrons. The molecule has 3 heterocycles. The Morgan fingerprint density at radius 1 is 1.16 bits per heavy atom. The van der Waals surface area contributed by atoms with Crippen LogP contribution in [0.3, 0.4) is 0 Å². The number of hydrogen-bond acceptors (Lipinski definition) is 9. The number of carbonyl (C=O) groups is 2. The van der Waals surface area contributed by atoms with Crippen LogP contribution in [0.2, 0.25) is 0 Å². The first-order chi connectivity index (χ1) is 20.0. The van der Waals surface area contributed by atoms with E-state index in [0.717, 1.165) is 21.0 Å². The molecule has 0 atom stereocenters. The van der Waals surface area contributed by atoms with Crippen LogP contribution in [0.1, 0.15) is 51.1 Å². The molecule has 5 rings (SSSR count). The van der Waals surface area contributed by atoms with Gasteiger partial charge in [-0.25, -0.2) is 17.7 Å². The number of methoxy groups -OCH3 is 1. The first-order valence-corrected chi connectivity index (χ1v) is 15.7. The van der Waals surface area contributed by atoms with Crippen LogP contribution < -0.4 is 56.1 Å². The SMILES string of the molecule is COc1ccc(C2(C(=O)N(CCCc3cc4ccccc4o3)Cc3nc(C(=O)[N-]S(=O)(=O)N(C)C)c(C)s3)CC2)nc1.[K+]. The molecule has 4 aromatic rings. The molecule has 0 radical (unpaired) electrons. The Kier molecular flexibility index (Phi) is 10.9. The minimum absolute atomic E-state index is 0. The Labute approximate surface area is 297 Å². The average Bonchev–Trinajstić information content (AvgIpc) is 3.54. The van der Waals surface area contributed by atoms with E-state index in [1.165, 1.54) is 25.4 Å². The standard InChI is InChI=1S/C29H33N5O6S2.K/c1-19-26(27(35)32-42(37,38)33(2)3)31-25(41-19)18-34(15-7-9-21-16-20-8-5-6-10-23(20)40-21)28(36)29(13-14-29)24-12-11-22(39-4)17-30-24;/h5-6,8,10-12,16-17H,7,9,13-15,18H2,1-4H3,(H,32,35);/q;+1/p-1. The number of nitrogens with zero attached hydrogens (tertiary/aromatic N) is 5. The number of rotatable bonds is 12. The van der Waals surface area contributed by atoms with Gasteiger partial charge in [-0.2, -0.15) is 0 Å². The second-order valence-corrected chi connectivity index (χ2v) is 13.5. The normalized spacial score (nSPS) is 13.9. The zero-order valence-electron chi connectivity index (χ0n) is 24.9. The molecule has 0 saturated heterocycles. The number of furan rings is 1. The molecule has 1 aromatic carbocycles. The molecule has 3 aromatic heterocycles. The number of para-hydroxylation sites is 1. The van der Waals surface area contributed by atoms with E-state index in [4.69, 9.17) is 9.15 Å². The number of fused-ring (bicyclic) bond motifs is 1. The van der Waals surface area contributed by atoms with Crippen molar-refractivity contribution in [3.8, 4) is 5.75 Å². The van der Waals surface area contributed by atoms with E-state index in [0.29, 0.717) is 53.6 Å². The summed E-state index contributed by atoms with van der Waals surface area (Å²) in [6.45, 7) is 2.27. The van der Waals surface area contributed by atoms with Crippen LogP contribution in [0.15, 0.2) is 53.1 Å². The van der Waals surface area contributed by atoms with Gasteiger partial charge in [-0.15, -0.1) is 11.3 Å². The summed E-state index contributed by atoms with van der Waals surface area (Å²) in [5.41, 5.74) is 0.744. The number of carbonyl (C=O) groups excluding carboxylic acids is 2. The Balaban J connectivity index is 0.00000423. The van der Waals surface area contributed by atoms with Gasteiger partial charge in [0.25, 0.3) is 0 Å². The summed E-state index contributed by atoms with van der Waals surface area (Å²) in [7, 11) is 0.0603. The van der Waals surface area contributed by atoms with Gasteiger partial charge in [0.15, 0.2) is 10.2 Å². The first-order valence-electron chi connectivity index (χ1n) is 13.5. The second-order valence-electron chi connectivity index (χ2n) is 10.4. The summed E-state index contributed by atoms with van der Waals surface area (Å²) in [6.07, 6.45) is 4.24. The molecular weight excluding hydrogens is 618 g/mol. The van der Waals surface area contributed by atoms with Gasteiger partial charge in [0.05, 0.1) is 31.0 Å². The summed E-state index contributed by atoms with van der Waals surface area (Å²) in [5, 5.41) is 1.55. The minimum Gasteiger partial charge on any atom is -0.527 e. The van der Waals surface area contributed by atoms with Crippen LogP contribution in [-0.2, 0) is 33.4 Å². The Morgan fingerprint density at radius 2 is 1.91 bits per heavy atom. The molecular formula is C29H32KN5O6S2. The largest absolute Gasteiger partial charge is 1.00 e. The maximum Gasteiger partial charge on any atom is 1.00 e. The van der Waals surface area contributed by atoms with E-state index in [2.05, 4.69) is 14.7 Å². The Bertz CT molecular complexity index is 1680. The molecule has 2 amide bonds. The molecule has 0 spiro atoms. The zero-order chi connectivity index (χ0) is 30.1. The molecule has 1 aliphatic carbocycles. The molecule has 14 heteroatoms. The Morgan fingerprint density at radius 3 is 2.53 bits per heavy atom. The number of benzene rings is 1. The van der Waals surface area contributed by atoms with Crippen LogP contribution in [0.25, 0.3) is 15.7 Å². The summed E-state index contributed by atoms with van der Waals surface area (Å²) in [4.78, 5) is 38.0. The molecule has 0 N–H and O–H groups in total. The van der Waals surface area contributed by atoms with Gasteiger partial charge in [0.2, 0.25) is 5.91 Å². The van der Waals surface area contributed by atoms with Crippen molar-refractivity contribution in [2.75, 3.05) is 27.7 Å². The quantitative estimate of drug-likeness (QED) is 0.211. The van der Waals surface area contributed by atoms with E-state index in [1.807, 2.05) is 36.4 Å². The molecule has 11 nitrogen and oxygen atoms in total. The Hall–Kier alpha value is -2.17. The van der Waals surface area contributed by atoms with Crippen molar-refractivity contribution in [2.24, 2.45) is 0 Å². The van der Waals surface area contributed by atoms with Gasteiger partial charge in [0, 0.05) is 37.3 Å². The first kappa shape index (κ1) is 33.7. The number of ether oxygens (including phenoxy) is 1. The number of pyridine rings is 1. The molecule has 1 fully saturated rings. The van der Waals surface area contributed by atoms with Crippen molar-refractivity contribution in [2.45, 2.75) is 44.6 Å². The number of hydrogen-bond donors (Lipinski definition) is 0. The summed E-state index contributed by atoms with van der Waals surface area (Å²) < 4.78 is 39.7. The average molecular weight is 650 g/mol. The number of aryl methyl sites for hydroxylation is 2. The molecule has 1 aliphatic rings. The monoisotopic (exact) mass is 649 g/mol. The van der Waals surface area contributed by atoms with Crippen LogP contribution in [-0.4, -0.2) is 67.2 Å². The van der Waals surface area contributed by atoms with Crippen molar-refractivity contribution < 1.29 is 78.5 Å². The molecule has 1 saturated carbocycles. The van der Waals surface area contributed by atoms with Gasteiger partial charge < -0.3 is 23.6 Å². The zero-order valence-corrected chi connectivity index (χ0v) is 29.6. The fourth-order valence-corrected chi connectivity index (χ4v) is 6.16. The fraction of sp³-hybridized carbons (Fsp3) is 0.379. The van der Waals surface area contributed by atoms with E-state index < -0.39 is 21.5 Å². The van der Waals surface area contributed by atoms with Crippen LogP contribution >= 0.6 is 11.3 Å². The van der Waals surface area contributed by atoms with Crippen molar-refractivity contribution in [3.63, 3.8) is 0 Å². The maximum absolute atomic E-state index is 14.1. The van der Waals surface area contributed by atoms with E-state index in [9.17, 15) is 18.0 Å². The molecule has 43 heavy (non-hydrogen) atoms. The molecule has 0 aliphatic heterocycles. The smallest absolute Gasteiger partial charge is 0.527 e. The summed E-state index contributed by atoms with van der Waals surface area (Å²) in [6, 6.07) is 13.4. The van der Waals surface area contributed by atoms with Crippen LogP contribution in [0.5, 0.6) is 5.75 Å². The van der Waals surface area contributed by atoms with Crippen molar-refractivity contribution in [3.05, 3.63) is 80.4 Å². The number of aromatic nitrogens is 2. The molecule has 0 bridgehead atoms. The van der Waals surface area contributed by atoms with Crippen molar-refractivity contribution in [1.82, 2.24) is 19.2 Å². The van der Waals surface area contributed by atoms with Crippen LogP contribution in [0, 0.1) is 6.92 Å². The maximum atomic E-state index is 14.1. The van der Waals surface area contributed by atoms with E-state index in [1.54, 1.807) is 31.2 Å². The van der Waals surface area contributed by atoms with Gasteiger partial charge in [-0.3, -0.25) is 9.78 Å². The van der Waals surface area contributed by atoms with Gasteiger partial charge in [0.1, 0.15) is 33.7 Å². The van der Waals surface area contributed by atoms with Crippen molar-refractivity contribution in [1.29, 1.82) is 0 Å². The third-order valence-electron chi connectivity index (χ3n) is 7.27. The van der Waals surface area contributed by atoms with Crippen molar-refractivity contribution >= 4 is 44.3 Å². The summed E-state index contributed by atoms with van der Waals surface area (Å²) >= 11 is 1.24. The second kappa shape index (κ2) is 13.9. The topological polar surface area (TPSA) is 137 Å². The van der Waals surface area contributed by atoms with E-state index in [-0.39, 0.29) is 69.5 Å². The van der Waals surface area contributed by atoms with Gasteiger partial charge in [-0.05, 0) is 50.5 Å². The fourth-order valence-electron chi connectivity index (χ4n) is 4.76. The minimum atomic E-state index is -4.10. The summed E-state index contributed by atoms with van der Waals surface area (Å²) in [5.74, 6) is 0.447. The van der Waals surface area contributed by atoms with E-state index >= 15 is 0 Å². The van der Waals surface area contributed by atoms with Gasteiger partial charge >= 0.3 is 51.4 Å². The molecule has 0 unspecified atom stereocenters. The number of amides is 2. The predicted octanol–water partition coefficient (Wildman–Crippen LogP) is 1.62. The van der Waals surface area contributed by atoms with Crippen LogP contribution in [0.4, 0.5) is 0 Å². The third kappa shape index (κ3) is 7.56. The van der Waals surface area contributed by atoms with Gasteiger partial charge in [-0.1, -0.05) is 18.2 Å². The number of thiazole rings is 1. The predicted molar refractivity (Wildman–Crippen MR) is 159 cm³/mol. The third-order valence-corrected chi connectivity index (χ3v) is 9.54.